The summed E-state index contributed by atoms with van der Waals surface area (Å²) in [5, 5.41) is 0. The Kier molecular flexibility index (Phi) is 4.74. The van der Waals surface area contributed by atoms with Gasteiger partial charge >= 0.3 is 0 Å². The molecule has 0 atom stereocenters. The first kappa shape index (κ1) is 15.0. The van der Waals surface area contributed by atoms with E-state index in [0.717, 1.165) is 19.3 Å². The third-order valence-corrected chi connectivity index (χ3v) is 4.33. The van der Waals surface area contributed by atoms with Gasteiger partial charge in [-0.2, -0.15) is 0 Å². The van der Waals surface area contributed by atoms with Crippen molar-refractivity contribution in [3.05, 3.63) is 34.4 Å². The van der Waals surface area contributed by atoms with Crippen molar-refractivity contribution in [1.82, 2.24) is 0 Å². The second kappa shape index (κ2) is 6.34. The standard InChI is InChI=1S/C18H24O2/c1-4-12-7-13(5-2)18(14(6-3)8-12)15-9-16(19)11-17(20)10-15/h7-8,15H,4-6,9-11H2,1-3H3. The molecule has 0 aromatic heterocycles. The van der Waals surface area contributed by atoms with Crippen LogP contribution in [0.5, 0.6) is 0 Å². The highest BCUT2D eigenvalue weighted by Gasteiger charge is 2.29. The summed E-state index contributed by atoms with van der Waals surface area (Å²) in [5.74, 6) is 0.324. The molecule has 108 valence electrons. The molecular formula is C18H24O2. The summed E-state index contributed by atoms with van der Waals surface area (Å²) in [6.07, 6.45) is 4.19. The molecule has 0 unspecified atom stereocenters. The summed E-state index contributed by atoms with van der Waals surface area (Å²) in [6, 6.07) is 4.52. The highest BCUT2D eigenvalue weighted by Crippen LogP contribution is 2.35. The zero-order valence-corrected chi connectivity index (χ0v) is 12.8. The molecule has 1 fully saturated rings. The lowest BCUT2D eigenvalue weighted by atomic mass is 9.77. The number of hydrogen-bond donors (Lipinski definition) is 0. The van der Waals surface area contributed by atoms with E-state index in [1.54, 1.807) is 0 Å². The van der Waals surface area contributed by atoms with E-state index in [0.29, 0.717) is 12.8 Å². The van der Waals surface area contributed by atoms with Crippen molar-refractivity contribution in [1.29, 1.82) is 0 Å². The summed E-state index contributed by atoms with van der Waals surface area (Å²) in [6.45, 7) is 6.48. The molecule has 0 spiro atoms. The molecule has 0 radical (unpaired) electrons. The number of rotatable bonds is 4. The summed E-state index contributed by atoms with van der Waals surface area (Å²) in [7, 11) is 0. The first-order valence-electron chi connectivity index (χ1n) is 7.76. The topological polar surface area (TPSA) is 34.1 Å². The van der Waals surface area contributed by atoms with Gasteiger partial charge in [-0.25, -0.2) is 0 Å². The average Bonchev–Trinajstić information content (AvgIpc) is 2.44. The predicted octanol–water partition coefficient (Wildman–Crippen LogP) is 3.78. The Morgan fingerprint density at radius 2 is 1.40 bits per heavy atom. The van der Waals surface area contributed by atoms with E-state index in [2.05, 4.69) is 32.9 Å². The number of aryl methyl sites for hydroxylation is 3. The van der Waals surface area contributed by atoms with Crippen LogP contribution in [0.4, 0.5) is 0 Å². The van der Waals surface area contributed by atoms with Gasteiger partial charge in [0, 0.05) is 12.8 Å². The Morgan fingerprint density at radius 3 is 1.80 bits per heavy atom. The zero-order chi connectivity index (χ0) is 14.7. The number of hydrogen-bond acceptors (Lipinski definition) is 2. The van der Waals surface area contributed by atoms with Crippen LogP contribution in [0.1, 0.15) is 68.2 Å². The van der Waals surface area contributed by atoms with Gasteiger partial charge in [0.25, 0.3) is 0 Å². The third kappa shape index (κ3) is 3.00. The largest absolute Gasteiger partial charge is 0.299 e. The quantitative estimate of drug-likeness (QED) is 0.782. The number of ketones is 2. The van der Waals surface area contributed by atoms with Gasteiger partial charge in [-0.15, -0.1) is 0 Å². The van der Waals surface area contributed by atoms with Crippen LogP contribution in [0, 0.1) is 0 Å². The van der Waals surface area contributed by atoms with Gasteiger partial charge in [-0.3, -0.25) is 9.59 Å². The highest BCUT2D eigenvalue weighted by atomic mass is 16.1. The number of carbonyl (C=O) groups excluding carboxylic acids is 2. The van der Waals surface area contributed by atoms with Gasteiger partial charge in [0.05, 0.1) is 6.42 Å². The fourth-order valence-corrected chi connectivity index (χ4v) is 3.35. The van der Waals surface area contributed by atoms with Crippen LogP contribution in [-0.2, 0) is 28.9 Å². The van der Waals surface area contributed by atoms with E-state index < -0.39 is 0 Å². The van der Waals surface area contributed by atoms with E-state index in [9.17, 15) is 9.59 Å². The lowest BCUT2D eigenvalue weighted by Crippen LogP contribution is -2.23. The molecule has 1 aliphatic rings. The van der Waals surface area contributed by atoms with Crippen molar-refractivity contribution < 1.29 is 9.59 Å². The number of carbonyl (C=O) groups is 2. The Morgan fingerprint density at radius 1 is 0.900 bits per heavy atom. The second-order valence-electron chi connectivity index (χ2n) is 5.75. The summed E-state index contributed by atoms with van der Waals surface area (Å²) < 4.78 is 0. The molecule has 0 saturated heterocycles. The molecule has 1 aromatic carbocycles. The monoisotopic (exact) mass is 272 g/mol. The van der Waals surface area contributed by atoms with Crippen molar-refractivity contribution in [2.24, 2.45) is 0 Å². The Bertz CT molecular complexity index is 487. The van der Waals surface area contributed by atoms with Crippen LogP contribution >= 0.6 is 0 Å². The third-order valence-electron chi connectivity index (χ3n) is 4.33. The average molecular weight is 272 g/mol. The molecule has 0 heterocycles. The molecule has 1 aromatic rings. The van der Waals surface area contributed by atoms with E-state index in [1.165, 1.54) is 22.3 Å². The van der Waals surface area contributed by atoms with Gasteiger partial charge in [-0.1, -0.05) is 32.9 Å². The maximum Gasteiger partial charge on any atom is 0.140 e. The summed E-state index contributed by atoms with van der Waals surface area (Å²) in [4.78, 5) is 23.5. The van der Waals surface area contributed by atoms with Crippen molar-refractivity contribution in [3.63, 3.8) is 0 Å². The Balaban J connectivity index is 2.48. The zero-order valence-electron chi connectivity index (χ0n) is 12.8. The molecule has 2 nitrogen and oxygen atoms in total. The molecule has 2 rings (SSSR count). The van der Waals surface area contributed by atoms with E-state index in [1.807, 2.05) is 0 Å². The number of benzene rings is 1. The van der Waals surface area contributed by atoms with Crippen LogP contribution in [0.2, 0.25) is 0 Å². The lowest BCUT2D eigenvalue weighted by Gasteiger charge is -2.26. The van der Waals surface area contributed by atoms with Gasteiger partial charge in [0.2, 0.25) is 0 Å². The van der Waals surface area contributed by atoms with Crippen LogP contribution in [0.25, 0.3) is 0 Å². The SMILES string of the molecule is CCc1cc(CC)c(C2CC(=O)CC(=O)C2)c(CC)c1. The summed E-state index contributed by atoms with van der Waals surface area (Å²) in [5.41, 5.74) is 5.30. The van der Waals surface area contributed by atoms with Crippen molar-refractivity contribution in [2.45, 2.75) is 65.2 Å². The van der Waals surface area contributed by atoms with Gasteiger partial charge in [0.1, 0.15) is 11.6 Å². The van der Waals surface area contributed by atoms with E-state index >= 15 is 0 Å². The van der Waals surface area contributed by atoms with Crippen LogP contribution in [0.3, 0.4) is 0 Å². The maximum absolute atomic E-state index is 11.8. The smallest absolute Gasteiger partial charge is 0.140 e. The highest BCUT2D eigenvalue weighted by molar-refractivity contribution is 6.02. The second-order valence-corrected chi connectivity index (χ2v) is 5.75. The molecule has 2 heteroatoms. The number of Topliss-reactive ketones (excluding diaryl/α,β-unsaturated/α-hetero) is 2. The van der Waals surface area contributed by atoms with Gasteiger partial charge in [0.15, 0.2) is 0 Å². The van der Waals surface area contributed by atoms with Crippen LogP contribution < -0.4 is 0 Å². The minimum absolute atomic E-state index is 0.106. The molecule has 0 N–H and O–H groups in total. The Labute approximate surface area is 121 Å². The van der Waals surface area contributed by atoms with Gasteiger partial charge in [-0.05, 0) is 47.4 Å². The van der Waals surface area contributed by atoms with Crippen molar-refractivity contribution >= 4 is 11.6 Å². The predicted molar refractivity (Wildman–Crippen MR) is 81.2 cm³/mol. The summed E-state index contributed by atoms with van der Waals surface area (Å²) >= 11 is 0. The van der Waals surface area contributed by atoms with E-state index in [-0.39, 0.29) is 23.9 Å². The lowest BCUT2D eigenvalue weighted by molar-refractivity contribution is -0.130. The van der Waals surface area contributed by atoms with Crippen LogP contribution in [-0.4, -0.2) is 11.6 Å². The molecule has 0 amide bonds. The normalized spacial score (nSPS) is 16.8. The molecular weight excluding hydrogens is 248 g/mol. The van der Waals surface area contributed by atoms with Crippen molar-refractivity contribution in [3.8, 4) is 0 Å². The van der Waals surface area contributed by atoms with Crippen LogP contribution in [0.15, 0.2) is 12.1 Å². The minimum atomic E-state index is 0.106. The van der Waals surface area contributed by atoms with E-state index in [4.69, 9.17) is 0 Å². The molecule has 0 bridgehead atoms. The molecule has 1 saturated carbocycles. The Hall–Kier alpha value is -1.44. The first-order valence-corrected chi connectivity index (χ1v) is 7.76. The fourth-order valence-electron chi connectivity index (χ4n) is 3.35. The molecule has 20 heavy (non-hydrogen) atoms. The first-order chi connectivity index (χ1) is 9.58. The minimum Gasteiger partial charge on any atom is -0.299 e. The molecule has 1 aliphatic carbocycles. The molecule has 0 aliphatic heterocycles. The van der Waals surface area contributed by atoms with Gasteiger partial charge < -0.3 is 0 Å². The fraction of sp³-hybridized carbons (Fsp3) is 0.556. The van der Waals surface area contributed by atoms with Crippen molar-refractivity contribution in [2.75, 3.05) is 0 Å². The maximum atomic E-state index is 11.8.